The van der Waals surface area contributed by atoms with Gasteiger partial charge in [0.2, 0.25) is 0 Å². The highest BCUT2D eigenvalue weighted by molar-refractivity contribution is 5.20. The summed E-state index contributed by atoms with van der Waals surface area (Å²) in [4.78, 5) is 3.84. The second-order valence-electron chi connectivity index (χ2n) is 4.14. The Kier molecular flexibility index (Phi) is 4.21. The first kappa shape index (κ1) is 13.6. The van der Waals surface area contributed by atoms with Gasteiger partial charge in [0.25, 0.3) is 0 Å². The van der Waals surface area contributed by atoms with Gasteiger partial charge in [0, 0.05) is 25.5 Å². The standard InChI is InChI=1S/C13H14F3N3/c14-13(15,16)12(11-4-2-1-3-5-11)18-7-9-19-8-6-17-10-19/h1-6,8,10,12,18H,7,9H2. The molecule has 0 aliphatic carbocycles. The van der Waals surface area contributed by atoms with Crippen LogP contribution in [0.2, 0.25) is 0 Å². The van der Waals surface area contributed by atoms with Crippen LogP contribution in [0.4, 0.5) is 13.2 Å². The number of benzene rings is 1. The van der Waals surface area contributed by atoms with Crippen molar-refractivity contribution in [3.63, 3.8) is 0 Å². The Bertz CT molecular complexity index is 480. The highest BCUT2D eigenvalue weighted by atomic mass is 19.4. The summed E-state index contributed by atoms with van der Waals surface area (Å²) in [7, 11) is 0. The van der Waals surface area contributed by atoms with Crippen LogP contribution in [0.3, 0.4) is 0 Å². The van der Waals surface area contributed by atoms with E-state index in [1.165, 1.54) is 12.1 Å². The zero-order valence-electron chi connectivity index (χ0n) is 10.1. The molecule has 2 rings (SSSR count). The van der Waals surface area contributed by atoms with Crippen molar-refractivity contribution in [3.8, 4) is 0 Å². The molecule has 3 nitrogen and oxygen atoms in total. The normalized spacial score (nSPS) is 13.4. The van der Waals surface area contributed by atoms with Crippen molar-refractivity contribution in [1.82, 2.24) is 14.9 Å². The van der Waals surface area contributed by atoms with Gasteiger partial charge in [-0.2, -0.15) is 13.2 Å². The van der Waals surface area contributed by atoms with Crippen LogP contribution in [-0.4, -0.2) is 22.3 Å². The minimum atomic E-state index is -4.31. The fraction of sp³-hybridized carbons (Fsp3) is 0.308. The van der Waals surface area contributed by atoms with Crippen molar-refractivity contribution in [1.29, 1.82) is 0 Å². The number of rotatable bonds is 5. The molecule has 0 fully saturated rings. The molecule has 0 aliphatic rings. The molecule has 1 N–H and O–H groups in total. The summed E-state index contributed by atoms with van der Waals surface area (Å²) in [6.45, 7) is 0.662. The summed E-state index contributed by atoms with van der Waals surface area (Å²) in [5, 5.41) is 2.54. The van der Waals surface area contributed by atoms with Gasteiger partial charge in [-0.05, 0) is 5.56 Å². The van der Waals surface area contributed by atoms with Crippen molar-refractivity contribution in [2.45, 2.75) is 18.8 Å². The number of nitrogens with zero attached hydrogens (tertiary/aromatic N) is 2. The maximum absolute atomic E-state index is 13.0. The summed E-state index contributed by atoms with van der Waals surface area (Å²) < 4.78 is 40.7. The molecule has 1 heterocycles. The molecule has 1 aromatic heterocycles. The molecule has 0 radical (unpaired) electrons. The molecule has 2 aromatic rings. The van der Waals surface area contributed by atoms with Crippen LogP contribution in [0.25, 0.3) is 0 Å². The van der Waals surface area contributed by atoms with Crippen LogP contribution >= 0.6 is 0 Å². The SMILES string of the molecule is FC(F)(F)C(NCCn1ccnc1)c1ccccc1. The van der Waals surface area contributed by atoms with E-state index in [1.54, 1.807) is 41.5 Å². The molecule has 1 aromatic carbocycles. The van der Waals surface area contributed by atoms with Crippen LogP contribution < -0.4 is 5.32 Å². The maximum Gasteiger partial charge on any atom is 0.407 e. The Labute approximate surface area is 109 Å². The van der Waals surface area contributed by atoms with Gasteiger partial charge in [0.1, 0.15) is 6.04 Å². The fourth-order valence-electron chi connectivity index (χ4n) is 1.83. The number of aromatic nitrogens is 2. The van der Waals surface area contributed by atoms with E-state index in [4.69, 9.17) is 0 Å². The molecule has 1 unspecified atom stereocenters. The number of hydrogen-bond acceptors (Lipinski definition) is 2. The molecular weight excluding hydrogens is 255 g/mol. The van der Waals surface area contributed by atoms with Crippen molar-refractivity contribution in [2.24, 2.45) is 0 Å². The summed E-state index contributed by atoms with van der Waals surface area (Å²) in [6, 6.07) is 6.21. The number of imidazole rings is 1. The predicted octanol–water partition coefficient (Wildman–Crippen LogP) is 2.78. The van der Waals surface area contributed by atoms with Gasteiger partial charge in [-0.15, -0.1) is 0 Å². The van der Waals surface area contributed by atoms with Crippen molar-refractivity contribution in [3.05, 3.63) is 54.6 Å². The van der Waals surface area contributed by atoms with Gasteiger partial charge in [-0.3, -0.25) is 0 Å². The quantitative estimate of drug-likeness (QED) is 0.904. The number of hydrogen-bond donors (Lipinski definition) is 1. The minimum Gasteiger partial charge on any atom is -0.336 e. The van der Waals surface area contributed by atoms with Gasteiger partial charge >= 0.3 is 6.18 Å². The molecule has 0 bridgehead atoms. The number of alkyl halides is 3. The van der Waals surface area contributed by atoms with E-state index in [9.17, 15) is 13.2 Å². The molecule has 19 heavy (non-hydrogen) atoms. The zero-order chi connectivity index (χ0) is 13.7. The average Bonchev–Trinajstić information content (AvgIpc) is 2.87. The topological polar surface area (TPSA) is 29.9 Å². The second-order valence-corrected chi connectivity index (χ2v) is 4.14. The lowest BCUT2D eigenvalue weighted by Crippen LogP contribution is -2.35. The molecule has 0 saturated carbocycles. The smallest absolute Gasteiger partial charge is 0.336 e. The van der Waals surface area contributed by atoms with E-state index in [0.29, 0.717) is 6.54 Å². The van der Waals surface area contributed by atoms with Gasteiger partial charge < -0.3 is 9.88 Å². The third-order valence-corrected chi connectivity index (χ3v) is 2.74. The van der Waals surface area contributed by atoms with E-state index >= 15 is 0 Å². The molecule has 1 atom stereocenters. The Morgan fingerprint density at radius 1 is 1.21 bits per heavy atom. The number of nitrogens with one attached hydrogen (secondary N) is 1. The van der Waals surface area contributed by atoms with Crippen molar-refractivity contribution in [2.75, 3.05) is 6.54 Å². The molecule has 6 heteroatoms. The maximum atomic E-state index is 13.0. The van der Waals surface area contributed by atoms with Crippen LogP contribution in [0.1, 0.15) is 11.6 Å². The third kappa shape index (κ3) is 3.82. The molecule has 0 amide bonds. The van der Waals surface area contributed by atoms with Gasteiger partial charge in [0.15, 0.2) is 0 Å². The lowest BCUT2D eigenvalue weighted by atomic mass is 10.1. The Morgan fingerprint density at radius 3 is 2.53 bits per heavy atom. The van der Waals surface area contributed by atoms with Gasteiger partial charge in [-0.1, -0.05) is 30.3 Å². The lowest BCUT2D eigenvalue weighted by molar-refractivity contribution is -0.157. The monoisotopic (exact) mass is 269 g/mol. The highest BCUT2D eigenvalue weighted by Gasteiger charge is 2.40. The van der Waals surface area contributed by atoms with Crippen molar-refractivity contribution < 1.29 is 13.2 Å². The molecule has 102 valence electrons. The Balaban J connectivity index is 1.99. The highest BCUT2D eigenvalue weighted by Crippen LogP contribution is 2.32. The van der Waals surface area contributed by atoms with Gasteiger partial charge in [0.05, 0.1) is 6.33 Å². The lowest BCUT2D eigenvalue weighted by Gasteiger charge is -2.22. The molecule has 0 aliphatic heterocycles. The average molecular weight is 269 g/mol. The first-order valence-electron chi connectivity index (χ1n) is 5.88. The first-order chi connectivity index (χ1) is 9.07. The first-order valence-corrected chi connectivity index (χ1v) is 5.88. The van der Waals surface area contributed by atoms with E-state index < -0.39 is 12.2 Å². The van der Waals surface area contributed by atoms with E-state index in [2.05, 4.69) is 10.3 Å². The van der Waals surface area contributed by atoms with Crippen LogP contribution in [-0.2, 0) is 6.54 Å². The molecular formula is C13H14F3N3. The van der Waals surface area contributed by atoms with Crippen LogP contribution in [0.15, 0.2) is 49.1 Å². The van der Waals surface area contributed by atoms with E-state index in [1.807, 2.05) is 0 Å². The predicted molar refractivity (Wildman–Crippen MR) is 65.5 cm³/mol. The Hall–Kier alpha value is -1.82. The summed E-state index contributed by atoms with van der Waals surface area (Å²) in [6.07, 6.45) is 0.578. The van der Waals surface area contributed by atoms with Crippen LogP contribution in [0.5, 0.6) is 0 Å². The van der Waals surface area contributed by atoms with E-state index in [-0.39, 0.29) is 12.1 Å². The second kappa shape index (κ2) is 5.88. The summed E-state index contributed by atoms with van der Waals surface area (Å²) >= 11 is 0. The van der Waals surface area contributed by atoms with E-state index in [0.717, 1.165) is 0 Å². The molecule has 0 spiro atoms. The fourth-order valence-corrected chi connectivity index (χ4v) is 1.83. The van der Waals surface area contributed by atoms with Crippen LogP contribution in [0, 0.1) is 0 Å². The third-order valence-electron chi connectivity index (χ3n) is 2.74. The van der Waals surface area contributed by atoms with Crippen molar-refractivity contribution >= 4 is 0 Å². The Morgan fingerprint density at radius 2 is 1.95 bits per heavy atom. The van der Waals surface area contributed by atoms with Gasteiger partial charge in [-0.25, -0.2) is 4.98 Å². The zero-order valence-corrected chi connectivity index (χ0v) is 10.1. The summed E-state index contributed by atoms with van der Waals surface area (Å²) in [5.41, 5.74) is 0.223. The minimum absolute atomic E-state index is 0.218. The molecule has 0 saturated heterocycles. The number of halogens is 3. The largest absolute Gasteiger partial charge is 0.407 e. The summed E-state index contributed by atoms with van der Waals surface area (Å²) in [5.74, 6) is 0.